The molecule has 0 aliphatic rings. The summed E-state index contributed by atoms with van der Waals surface area (Å²) in [5.74, 6) is -0.553. The second-order valence-corrected chi connectivity index (χ2v) is 4.82. The molecule has 0 aliphatic carbocycles. The maximum atomic E-state index is 12.0. The number of hydrogen-bond donors (Lipinski definition) is 2. The number of furan rings is 1. The molecule has 3 amide bonds. The second kappa shape index (κ2) is 9.11. The Balaban J connectivity index is 1.77. The van der Waals surface area contributed by atoms with Crippen LogP contribution in [0.25, 0.3) is 0 Å². The van der Waals surface area contributed by atoms with Crippen molar-refractivity contribution in [3.05, 3.63) is 54.0 Å². The predicted octanol–water partition coefficient (Wildman–Crippen LogP) is 1.86. The summed E-state index contributed by atoms with van der Waals surface area (Å²) in [4.78, 5) is 35.2. The van der Waals surface area contributed by atoms with Gasteiger partial charge in [-0.2, -0.15) is 0 Å². The van der Waals surface area contributed by atoms with Crippen LogP contribution in [0.1, 0.15) is 23.0 Å². The zero-order valence-electron chi connectivity index (χ0n) is 13.6. The van der Waals surface area contributed by atoms with E-state index in [0.717, 1.165) is 0 Å². The number of nitrogens with one attached hydrogen (secondary N) is 2. The number of carbonyl (C=O) groups excluding carboxylic acids is 3. The van der Waals surface area contributed by atoms with Crippen LogP contribution in [0.4, 0.5) is 4.79 Å². The summed E-state index contributed by atoms with van der Waals surface area (Å²) in [7, 11) is 0. The molecule has 2 aromatic rings. The van der Waals surface area contributed by atoms with E-state index in [2.05, 4.69) is 5.32 Å². The SMILES string of the molecule is CCOc1ccccc1C(=O)OCC(=O)NC(=O)NCc1ccco1. The Morgan fingerprint density at radius 1 is 1.12 bits per heavy atom. The molecule has 2 rings (SSSR count). The Morgan fingerprint density at radius 2 is 1.92 bits per heavy atom. The Bertz CT molecular complexity index is 726. The van der Waals surface area contributed by atoms with E-state index in [1.807, 2.05) is 5.32 Å². The minimum absolute atomic E-state index is 0.133. The van der Waals surface area contributed by atoms with Crippen LogP contribution in [-0.4, -0.2) is 31.1 Å². The molecule has 2 N–H and O–H groups in total. The van der Waals surface area contributed by atoms with Crippen LogP contribution >= 0.6 is 0 Å². The lowest BCUT2D eigenvalue weighted by atomic mass is 10.2. The van der Waals surface area contributed by atoms with Gasteiger partial charge in [-0.1, -0.05) is 12.1 Å². The van der Waals surface area contributed by atoms with Crippen LogP contribution in [0.5, 0.6) is 5.75 Å². The molecule has 1 heterocycles. The first kappa shape index (κ1) is 18.1. The molecular weight excluding hydrogens is 328 g/mol. The van der Waals surface area contributed by atoms with Crippen LogP contribution in [-0.2, 0) is 16.1 Å². The summed E-state index contributed by atoms with van der Waals surface area (Å²) in [6.07, 6.45) is 1.47. The van der Waals surface area contributed by atoms with Gasteiger partial charge in [-0.25, -0.2) is 9.59 Å². The normalized spacial score (nSPS) is 9.96. The van der Waals surface area contributed by atoms with Crippen molar-refractivity contribution in [1.82, 2.24) is 10.6 Å². The highest BCUT2D eigenvalue weighted by molar-refractivity contribution is 5.97. The van der Waals surface area contributed by atoms with Crippen molar-refractivity contribution in [2.75, 3.05) is 13.2 Å². The molecule has 1 aromatic heterocycles. The van der Waals surface area contributed by atoms with Crippen LogP contribution in [0, 0.1) is 0 Å². The first-order chi connectivity index (χ1) is 12.1. The number of benzene rings is 1. The summed E-state index contributed by atoms with van der Waals surface area (Å²) in [5, 5.41) is 4.49. The van der Waals surface area contributed by atoms with Crippen molar-refractivity contribution >= 4 is 17.9 Å². The molecule has 0 bridgehead atoms. The number of hydrogen-bond acceptors (Lipinski definition) is 6. The lowest BCUT2D eigenvalue weighted by molar-refractivity contribution is -0.123. The van der Waals surface area contributed by atoms with Gasteiger partial charge >= 0.3 is 12.0 Å². The summed E-state index contributed by atoms with van der Waals surface area (Å²) < 4.78 is 15.3. The fraction of sp³-hybridized carbons (Fsp3) is 0.235. The zero-order valence-corrected chi connectivity index (χ0v) is 13.6. The molecule has 0 unspecified atom stereocenters. The molecule has 0 aliphatic heterocycles. The van der Waals surface area contributed by atoms with Gasteiger partial charge in [-0.05, 0) is 31.2 Å². The molecule has 8 nitrogen and oxygen atoms in total. The molecular formula is C17H18N2O6. The Kier molecular flexibility index (Phi) is 6.58. The maximum Gasteiger partial charge on any atom is 0.342 e. The van der Waals surface area contributed by atoms with Gasteiger partial charge in [0, 0.05) is 0 Å². The van der Waals surface area contributed by atoms with Crippen LogP contribution in [0.15, 0.2) is 47.1 Å². The molecule has 0 saturated carbocycles. The van der Waals surface area contributed by atoms with Gasteiger partial charge in [-0.3, -0.25) is 10.1 Å². The summed E-state index contributed by atoms with van der Waals surface area (Å²) in [5.41, 5.74) is 0.208. The quantitative estimate of drug-likeness (QED) is 0.741. The minimum atomic E-state index is -0.751. The first-order valence-electron chi connectivity index (χ1n) is 7.59. The van der Waals surface area contributed by atoms with Crippen LogP contribution in [0.2, 0.25) is 0 Å². The number of imide groups is 1. The zero-order chi connectivity index (χ0) is 18.1. The van der Waals surface area contributed by atoms with E-state index in [1.54, 1.807) is 37.3 Å². The van der Waals surface area contributed by atoms with E-state index < -0.39 is 24.5 Å². The Labute approximate surface area is 144 Å². The van der Waals surface area contributed by atoms with Crippen molar-refractivity contribution in [2.45, 2.75) is 13.5 Å². The van der Waals surface area contributed by atoms with Crippen LogP contribution < -0.4 is 15.4 Å². The maximum absolute atomic E-state index is 12.0. The average molecular weight is 346 g/mol. The highest BCUT2D eigenvalue weighted by atomic mass is 16.5. The van der Waals surface area contributed by atoms with Gasteiger partial charge in [0.25, 0.3) is 5.91 Å². The van der Waals surface area contributed by atoms with Gasteiger partial charge in [0.15, 0.2) is 6.61 Å². The first-order valence-corrected chi connectivity index (χ1v) is 7.59. The van der Waals surface area contributed by atoms with E-state index in [4.69, 9.17) is 13.9 Å². The molecule has 132 valence electrons. The molecule has 1 aromatic carbocycles. The van der Waals surface area contributed by atoms with Crippen molar-refractivity contribution in [2.24, 2.45) is 0 Å². The molecule has 25 heavy (non-hydrogen) atoms. The van der Waals surface area contributed by atoms with E-state index >= 15 is 0 Å². The van der Waals surface area contributed by atoms with E-state index in [1.165, 1.54) is 12.3 Å². The van der Waals surface area contributed by atoms with Gasteiger partial charge < -0.3 is 19.2 Å². The van der Waals surface area contributed by atoms with Gasteiger partial charge in [0.05, 0.1) is 19.4 Å². The summed E-state index contributed by atoms with van der Waals surface area (Å²) in [6, 6.07) is 9.18. The smallest absolute Gasteiger partial charge is 0.342 e. The van der Waals surface area contributed by atoms with E-state index in [0.29, 0.717) is 18.1 Å². The Hall–Kier alpha value is -3.29. The van der Waals surface area contributed by atoms with Crippen LogP contribution in [0.3, 0.4) is 0 Å². The number of ether oxygens (including phenoxy) is 2. The topological polar surface area (TPSA) is 107 Å². The number of carbonyl (C=O) groups is 3. The third-order valence-electron chi connectivity index (χ3n) is 3.00. The lowest BCUT2D eigenvalue weighted by Gasteiger charge is -2.10. The standard InChI is InChI=1S/C17H18N2O6/c1-2-23-14-8-4-3-7-13(14)16(21)25-11-15(20)19-17(22)18-10-12-6-5-9-24-12/h3-9H,2,10-11H2,1H3,(H2,18,19,20,22). The second-order valence-electron chi connectivity index (χ2n) is 4.82. The van der Waals surface area contributed by atoms with Crippen molar-refractivity contribution in [3.8, 4) is 5.75 Å². The fourth-order valence-electron chi connectivity index (χ4n) is 1.91. The number of para-hydroxylation sites is 1. The number of esters is 1. The minimum Gasteiger partial charge on any atom is -0.493 e. The summed E-state index contributed by atoms with van der Waals surface area (Å²) in [6.45, 7) is 1.72. The van der Waals surface area contributed by atoms with Crippen molar-refractivity contribution in [3.63, 3.8) is 0 Å². The molecule has 0 fully saturated rings. The predicted molar refractivity (Wildman–Crippen MR) is 87.0 cm³/mol. The van der Waals surface area contributed by atoms with Crippen molar-refractivity contribution < 1.29 is 28.3 Å². The van der Waals surface area contributed by atoms with Gasteiger partial charge in [0.1, 0.15) is 17.1 Å². The Morgan fingerprint density at radius 3 is 2.64 bits per heavy atom. The molecule has 0 saturated heterocycles. The highest BCUT2D eigenvalue weighted by Gasteiger charge is 2.16. The average Bonchev–Trinajstić information content (AvgIpc) is 3.12. The number of rotatable bonds is 7. The monoisotopic (exact) mass is 346 g/mol. The number of urea groups is 1. The fourth-order valence-corrected chi connectivity index (χ4v) is 1.91. The third kappa shape index (κ3) is 5.69. The lowest BCUT2D eigenvalue weighted by Crippen LogP contribution is -2.41. The van der Waals surface area contributed by atoms with Gasteiger partial charge in [-0.15, -0.1) is 0 Å². The molecule has 0 radical (unpaired) electrons. The largest absolute Gasteiger partial charge is 0.493 e. The molecule has 0 atom stereocenters. The molecule has 0 spiro atoms. The molecule has 8 heteroatoms. The van der Waals surface area contributed by atoms with E-state index in [-0.39, 0.29) is 12.1 Å². The highest BCUT2D eigenvalue weighted by Crippen LogP contribution is 2.18. The summed E-state index contributed by atoms with van der Waals surface area (Å²) >= 11 is 0. The van der Waals surface area contributed by atoms with Crippen molar-refractivity contribution in [1.29, 1.82) is 0 Å². The van der Waals surface area contributed by atoms with Gasteiger partial charge in [0.2, 0.25) is 0 Å². The third-order valence-corrected chi connectivity index (χ3v) is 3.00. The number of amides is 3. The van der Waals surface area contributed by atoms with E-state index in [9.17, 15) is 14.4 Å².